The van der Waals surface area contributed by atoms with Crippen molar-refractivity contribution in [2.75, 3.05) is 26.8 Å². The van der Waals surface area contributed by atoms with Gasteiger partial charge in [-0.3, -0.25) is 4.90 Å². The average molecular weight is 392 g/mol. The topological polar surface area (TPSA) is 41.9 Å². The van der Waals surface area contributed by atoms with E-state index in [1.165, 1.54) is 5.56 Å². The molecule has 0 aliphatic heterocycles. The third-order valence-electron chi connectivity index (χ3n) is 4.29. The van der Waals surface area contributed by atoms with Gasteiger partial charge in [-0.25, -0.2) is 0 Å². The molecule has 0 aliphatic rings. The van der Waals surface area contributed by atoms with Crippen LogP contribution >= 0.6 is 11.6 Å². The molecule has 27 heavy (non-hydrogen) atoms. The number of aliphatic hydroxyl groups excluding tert-OH is 1. The van der Waals surface area contributed by atoms with Gasteiger partial charge >= 0.3 is 0 Å². The van der Waals surface area contributed by atoms with E-state index in [9.17, 15) is 5.11 Å². The van der Waals surface area contributed by atoms with Crippen LogP contribution in [0.15, 0.2) is 48.5 Å². The highest BCUT2D eigenvalue weighted by atomic mass is 35.5. The molecule has 0 saturated heterocycles. The zero-order valence-electron chi connectivity index (χ0n) is 16.4. The molecule has 1 unspecified atom stereocenters. The Bertz CT molecular complexity index is 676. The van der Waals surface area contributed by atoms with Crippen LogP contribution in [0.1, 0.15) is 25.8 Å². The van der Waals surface area contributed by atoms with Gasteiger partial charge < -0.3 is 14.6 Å². The summed E-state index contributed by atoms with van der Waals surface area (Å²) >= 11 is 5.88. The van der Waals surface area contributed by atoms with Crippen LogP contribution < -0.4 is 9.47 Å². The standard InChI is InChI=1S/C22H30ClNO3/c1-17(2)11-12-24(14-18-5-4-6-22(13-18)26-3)15-20(25)16-27-21-9-7-19(23)8-10-21/h4-10,13,17,20,25H,11-12,14-16H2,1-3H3. The predicted molar refractivity (Wildman–Crippen MR) is 111 cm³/mol. The maximum Gasteiger partial charge on any atom is 0.119 e. The van der Waals surface area contributed by atoms with Gasteiger partial charge in [-0.05, 0) is 60.8 Å². The molecule has 1 atom stereocenters. The molecule has 4 nitrogen and oxygen atoms in total. The van der Waals surface area contributed by atoms with Crippen molar-refractivity contribution in [1.82, 2.24) is 4.90 Å². The predicted octanol–water partition coefficient (Wildman–Crippen LogP) is 4.64. The zero-order valence-corrected chi connectivity index (χ0v) is 17.2. The first-order chi connectivity index (χ1) is 13.0. The van der Waals surface area contributed by atoms with E-state index in [1.807, 2.05) is 30.3 Å². The number of halogens is 1. The van der Waals surface area contributed by atoms with E-state index in [4.69, 9.17) is 21.1 Å². The van der Waals surface area contributed by atoms with Crippen LogP contribution in [0, 0.1) is 5.92 Å². The monoisotopic (exact) mass is 391 g/mol. The number of nitrogens with zero attached hydrogens (tertiary/aromatic N) is 1. The summed E-state index contributed by atoms with van der Waals surface area (Å²) < 4.78 is 11.0. The molecular weight excluding hydrogens is 362 g/mol. The Morgan fingerprint density at radius 2 is 1.81 bits per heavy atom. The Labute approximate surface area is 167 Å². The first-order valence-electron chi connectivity index (χ1n) is 9.38. The number of ether oxygens (including phenoxy) is 2. The minimum Gasteiger partial charge on any atom is -0.497 e. The van der Waals surface area contributed by atoms with Crippen molar-refractivity contribution in [3.05, 3.63) is 59.1 Å². The van der Waals surface area contributed by atoms with Crippen LogP contribution in [0.3, 0.4) is 0 Å². The first-order valence-corrected chi connectivity index (χ1v) is 9.75. The fourth-order valence-electron chi connectivity index (χ4n) is 2.78. The van der Waals surface area contributed by atoms with Crippen molar-refractivity contribution in [3.8, 4) is 11.5 Å². The molecule has 0 spiro atoms. The second-order valence-corrected chi connectivity index (χ2v) is 7.62. The second-order valence-electron chi connectivity index (χ2n) is 7.19. The fraction of sp³-hybridized carbons (Fsp3) is 0.455. The molecule has 0 amide bonds. The molecule has 0 aliphatic carbocycles. The van der Waals surface area contributed by atoms with Crippen molar-refractivity contribution < 1.29 is 14.6 Å². The largest absolute Gasteiger partial charge is 0.497 e. The Morgan fingerprint density at radius 1 is 1.07 bits per heavy atom. The van der Waals surface area contributed by atoms with Crippen molar-refractivity contribution >= 4 is 11.6 Å². The molecule has 2 aromatic rings. The van der Waals surface area contributed by atoms with Gasteiger partial charge in [-0.2, -0.15) is 0 Å². The molecule has 0 heterocycles. The number of rotatable bonds is 11. The summed E-state index contributed by atoms with van der Waals surface area (Å²) in [6.45, 7) is 6.91. The van der Waals surface area contributed by atoms with E-state index in [0.717, 1.165) is 25.3 Å². The van der Waals surface area contributed by atoms with E-state index in [-0.39, 0.29) is 6.61 Å². The fourth-order valence-corrected chi connectivity index (χ4v) is 2.90. The van der Waals surface area contributed by atoms with Crippen molar-refractivity contribution in [3.63, 3.8) is 0 Å². The third kappa shape index (κ3) is 8.21. The highest BCUT2D eigenvalue weighted by molar-refractivity contribution is 6.30. The summed E-state index contributed by atoms with van der Waals surface area (Å²) in [5, 5.41) is 11.1. The SMILES string of the molecule is COc1cccc(CN(CCC(C)C)CC(O)COc2ccc(Cl)cc2)c1. The zero-order chi connectivity index (χ0) is 19.6. The Hall–Kier alpha value is -1.75. The molecule has 2 aromatic carbocycles. The van der Waals surface area contributed by atoms with Crippen LogP contribution in [-0.4, -0.2) is 42.9 Å². The normalized spacial score (nSPS) is 12.4. The van der Waals surface area contributed by atoms with Gasteiger partial charge in [0.05, 0.1) is 7.11 Å². The van der Waals surface area contributed by atoms with Crippen molar-refractivity contribution in [2.24, 2.45) is 5.92 Å². The van der Waals surface area contributed by atoms with Crippen LogP contribution in [0.4, 0.5) is 0 Å². The summed E-state index contributed by atoms with van der Waals surface area (Å²) in [6.07, 6.45) is 0.507. The summed E-state index contributed by atoms with van der Waals surface area (Å²) in [5.74, 6) is 2.17. The summed E-state index contributed by atoms with van der Waals surface area (Å²) in [5.41, 5.74) is 1.17. The van der Waals surface area contributed by atoms with Crippen LogP contribution in [0.2, 0.25) is 5.02 Å². The molecule has 2 rings (SSSR count). The maximum absolute atomic E-state index is 10.5. The Balaban J connectivity index is 1.92. The van der Waals surface area contributed by atoms with E-state index >= 15 is 0 Å². The van der Waals surface area contributed by atoms with Gasteiger partial charge in [0, 0.05) is 18.1 Å². The van der Waals surface area contributed by atoms with E-state index < -0.39 is 6.10 Å². The molecule has 5 heteroatoms. The van der Waals surface area contributed by atoms with Gasteiger partial charge in [0.15, 0.2) is 0 Å². The summed E-state index contributed by atoms with van der Waals surface area (Å²) in [6, 6.07) is 15.2. The number of hydrogen-bond acceptors (Lipinski definition) is 4. The molecule has 148 valence electrons. The molecule has 0 radical (unpaired) electrons. The third-order valence-corrected chi connectivity index (χ3v) is 4.54. The van der Waals surface area contributed by atoms with Crippen LogP contribution in [0.5, 0.6) is 11.5 Å². The molecule has 1 N–H and O–H groups in total. The Kier molecular flexibility index (Phi) is 8.92. The highest BCUT2D eigenvalue weighted by Crippen LogP contribution is 2.17. The lowest BCUT2D eigenvalue weighted by Crippen LogP contribution is -2.36. The average Bonchev–Trinajstić information content (AvgIpc) is 2.66. The van der Waals surface area contributed by atoms with E-state index in [1.54, 1.807) is 19.2 Å². The smallest absolute Gasteiger partial charge is 0.119 e. The first kappa shape index (κ1) is 21.5. The van der Waals surface area contributed by atoms with E-state index in [0.29, 0.717) is 23.2 Å². The quantitative estimate of drug-likeness (QED) is 0.606. The van der Waals surface area contributed by atoms with Crippen LogP contribution in [0.25, 0.3) is 0 Å². The Morgan fingerprint density at radius 3 is 2.48 bits per heavy atom. The lowest BCUT2D eigenvalue weighted by Gasteiger charge is -2.26. The van der Waals surface area contributed by atoms with Crippen molar-refractivity contribution in [2.45, 2.75) is 32.9 Å². The molecule has 0 aromatic heterocycles. The minimum atomic E-state index is -0.571. The van der Waals surface area contributed by atoms with Gasteiger partial charge in [0.2, 0.25) is 0 Å². The molecule has 0 fully saturated rings. The summed E-state index contributed by atoms with van der Waals surface area (Å²) in [4.78, 5) is 2.27. The van der Waals surface area contributed by atoms with Crippen LogP contribution in [-0.2, 0) is 6.54 Å². The van der Waals surface area contributed by atoms with Gasteiger partial charge in [-0.1, -0.05) is 37.6 Å². The summed E-state index contributed by atoms with van der Waals surface area (Å²) in [7, 11) is 1.67. The molecule has 0 bridgehead atoms. The number of methoxy groups -OCH3 is 1. The lowest BCUT2D eigenvalue weighted by atomic mass is 10.1. The number of hydrogen-bond donors (Lipinski definition) is 1. The van der Waals surface area contributed by atoms with Gasteiger partial charge in [0.1, 0.15) is 24.2 Å². The second kappa shape index (κ2) is 11.2. The highest BCUT2D eigenvalue weighted by Gasteiger charge is 2.14. The molecular formula is C22H30ClNO3. The molecule has 0 saturated carbocycles. The minimum absolute atomic E-state index is 0.248. The maximum atomic E-state index is 10.5. The lowest BCUT2D eigenvalue weighted by molar-refractivity contribution is 0.0639. The van der Waals surface area contributed by atoms with Crippen molar-refractivity contribution in [1.29, 1.82) is 0 Å². The number of aliphatic hydroxyl groups is 1. The van der Waals surface area contributed by atoms with Gasteiger partial charge in [0.25, 0.3) is 0 Å². The van der Waals surface area contributed by atoms with Gasteiger partial charge in [-0.15, -0.1) is 0 Å². The number of benzene rings is 2. The van der Waals surface area contributed by atoms with E-state index in [2.05, 4.69) is 24.8 Å².